The van der Waals surface area contributed by atoms with Crippen LogP contribution in [-0.4, -0.2) is 17.0 Å². The molecular formula is C22H14F5NO4. The number of carbonyl (C=O) groups excluding carboxylic acids is 1. The maximum Gasteiger partial charge on any atom is 0.416 e. The molecule has 0 aliphatic rings. The Labute approximate surface area is 178 Å². The Hall–Kier alpha value is -3.95. The fourth-order valence-corrected chi connectivity index (χ4v) is 2.78. The number of alkyl halides is 3. The van der Waals surface area contributed by atoms with Gasteiger partial charge in [0.1, 0.15) is 23.1 Å². The minimum Gasteiger partial charge on any atom is -0.478 e. The van der Waals surface area contributed by atoms with Crippen LogP contribution in [0.4, 0.5) is 27.6 Å². The zero-order valence-electron chi connectivity index (χ0n) is 16.3. The fraction of sp³-hybridized carbons (Fsp3) is 0.0909. The molecule has 0 saturated heterocycles. The van der Waals surface area contributed by atoms with Gasteiger partial charge in [-0.05, 0) is 67.1 Å². The molecule has 3 aromatic carbocycles. The maximum atomic E-state index is 13.6. The molecule has 166 valence electrons. The number of aryl methyl sites for hydroxylation is 1. The highest BCUT2D eigenvalue weighted by atomic mass is 19.4. The number of carbonyl (C=O) groups is 2. The number of anilines is 1. The summed E-state index contributed by atoms with van der Waals surface area (Å²) in [7, 11) is 0. The third-order valence-electron chi connectivity index (χ3n) is 4.36. The van der Waals surface area contributed by atoms with E-state index in [-0.39, 0.29) is 17.2 Å². The number of ether oxygens (including phenoxy) is 1. The summed E-state index contributed by atoms with van der Waals surface area (Å²) in [5.41, 5.74) is -2.21. The zero-order valence-corrected chi connectivity index (χ0v) is 16.3. The molecule has 0 aromatic heterocycles. The molecule has 5 nitrogen and oxygen atoms in total. The van der Waals surface area contributed by atoms with Gasteiger partial charge in [-0.1, -0.05) is 0 Å². The van der Waals surface area contributed by atoms with E-state index in [1.165, 1.54) is 13.0 Å². The first-order valence-corrected chi connectivity index (χ1v) is 8.95. The number of amides is 1. The fourth-order valence-electron chi connectivity index (χ4n) is 2.78. The molecule has 3 aromatic rings. The van der Waals surface area contributed by atoms with E-state index in [1.54, 1.807) is 0 Å². The predicted molar refractivity (Wildman–Crippen MR) is 104 cm³/mol. The highest BCUT2D eigenvalue weighted by Crippen LogP contribution is 2.35. The van der Waals surface area contributed by atoms with Gasteiger partial charge in [-0.25, -0.2) is 13.6 Å². The summed E-state index contributed by atoms with van der Waals surface area (Å²) < 4.78 is 72.0. The number of carboxylic acids is 1. The molecule has 0 aliphatic heterocycles. The lowest BCUT2D eigenvalue weighted by Gasteiger charge is -2.16. The average molecular weight is 451 g/mol. The first-order valence-electron chi connectivity index (χ1n) is 8.95. The average Bonchev–Trinajstić information content (AvgIpc) is 2.70. The summed E-state index contributed by atoms with van der Waals surface area (Å²) in [5, 5.41) is 11.2. The molecule has 0 heterocycles. The van der Waals surface area contributed by atoms with Gasteiger partial charge in [0.2, 0.25) is 0 Å². The molecule has 10 heteroatoms. The van der Waals surface area contributed by atoms with E-state index in [9.17, 15) is 31.5 Å². The molecule has 0 fully saturated rings. The maximum absolute atomic E-state index is 13.6. The minimum atomic E-state index is -4.76. The molecule has 2 N–H and O–H groups in total. The van der Waals surface area contributed by atoms with Crippen LogP contribution in [0.15, 0.2) is 54.6 Å². The SMILES string of the molecule is Cc1cc(F)ccc1Oc1ccc(C(F)(F)F)cc1C(=O)Nc1ccc(F)c(C(=O)O)c1. The number of benzene rings is 3. The molecule has 3 rings (SSSR count). The van der Waals surface area contributed by atoms with Gasteiger partial charge >= 0.3 is 12.1 Å². The number of aromatic carboxylic acids is 1. The minimum absolute atomic E-state index is 0.107. The van der Waals surface area contributed by atoms with E-state index in [0.29, 0.717) is 17.7 Å². The van der Waals surface area contributed by atoms with Crippen LogP contribution in [0.5, 0.6) is 11.5 Å². The Kier molecular flexibility index (Phi) is 6.15. The second-order valence-electron chi connectivity index (χ2n) is 6.67. The van der Waals surface area contributed by atoms with Crippen LogP contribution in [-0.2, 0) is 6.18 Å². The number of hydrogen-bond donors (Lipinski definition) is 2. The lowest BCUT2D eigenvalue weighted by molar-refractivity contribution is -0.137. The summed E-state index contributed by atoms with van der Waals surface area (Å²) >= 11 is 0. The third-order valence-corrected chi connectivity index (χ3v) is 4.36. The van der Waals surface area contributed by atoms with Gasteiger partial charge < -0.3 is 15.2 Å². The molecule has 0 aliphatic carbocycles. The van der Waals surface area contributed by atoms with Crippen molar-refractivity contribution in [1.29, 1.82) is 0 Å². The Morgan fingerprint density at radius 3 is 2.22 bits per heavy atom. The van der Waals surface area contributed by atoms with Gasteiger partial charge in [-0.2, -0.15) is 13.2 Å². The Balaban J connectivity index is 2.01. The Morgan fingerprint density at radius 1 is 0.906 bits per heavy atom. The highest BCUT2D eigenvalue weighted by molar-refractivity contribution is 6.07. The van der Waals surface area contributed by atoms with Gasteiger partial charge in [-0.3, -0.25) is 4.79 Å². The molecule has 0 spiro atoms. The van der Waals surface area contributed by atoms with Crippen molar-refractivity contribution in [3.63, 3.8) is 0 Å². The number of nitrogens with one attached hydrogen (secondary N) is 1. The zero-order chi connectivity index (χ0) is 23.6. The highest BCUT2D eigenvalue weighted by Gasteiger charge is 2.32. The van der Waals surface area contributed by atoms with Gasteiger partial charge in [0.25, 0.3) is 5.91 Å². The summed E-state index contributed by atoms with van der Waals surface area (Å²) in [6, 6.07) is 8.37. The van der Waals surface area contributed by atoms with E-state index >= 15 is 0 Å². The number of carboxylic acid groups (broad SMARTS) is 1. The van der Waals surface area contributed by atoms with Gasteiger partial charge in [-0.15, -0.1) is 0 Å². The quantitative estimate of drug-likeness (QED) is 0.464. The van der Waals surface area contributed by atoms with Crippen molar-refractivity contribution in [3.8, 4) is 11.5 Å². The van der Waals surface area contributed by atoms with Crippen molar-refractivity contribution in [3.05, 3.63) is 88.5 Å². The second-order valence-corrected chi connectivity index (χ2v) is 6.67. The van der Waals surface area contributed by atoms with Crippen LogP contribution >= 0.6 is 0 Å². The number of rotatable bonds is 5. The standard InChI is InChI=1S/C22H14F5NO4/c1-11-8-13(23)3-7-18(11)32-19-6-2-12(22(25,26)27)9-16(19)20(29)28-14-4-5-17(24)15(10-14)21(30)31/h2-10H,1H3,(H,28,29)(H,30,31). The van der Waals surface area contributed by atoms with Crippen LogP contribution in [0.25, 0.3) is 0 Å². The van der Waals surface area contributed by atoms with Crippen LogP contribution in [0.2, 0.25) is 0 Å². The van der Waals surface area contributed by atoms with Crippen molar-refractivity contribution in [1.82, 2.24) is 0 Å². The monoisotopic (exact) mass is 451 g/mol. The summed E-state index contributed by atoms with van der Waals surface area (Å²) in [4.78, 5) is 23.8. The van der Waals surface area contributed by atoms with Crippen LogP contribution in [0.3, 0.4) is 0 Å². The van der Waals surface area contributed by atoms with Crippen molar-refractivity contribution in [2.75, 3.05) is 5.32 Å². The van der Waals surface area contributed by atoms with E-state index < -0.39 is 46.4 Å². The Morgan fingerprint density at radius 2 is 1.59 bits per heavy atom. The second kappa shape index (κ2) is 8.66. The Bertz CT molecular complexity index is 1210. The molecule has 32 heavy (non-hydrogen) atoms. The van der Waals surface area contributed by atoms with E-state index in [0.717, 1.165) is 36.4 Å². The van der Waals surface area contributed by atoms with Crippen LogP contribution in [0.1, 0.15) is 31.8 Å². The molecule has 0 saturated carbocycles. The lowest BCUT2D eigenvalue weighted by Crippen LogP contribution is -2.16. The largest absolute Gasteiger partial charge is 0.478 e. The number of halogens is 5. The van der Waals surface area contributed by atoms with E-state index in [1.807, 2.05) is 0 Å². The summed E-state index contributed by atoms with van der Waals surface area (Å²) in [6.07, 6.45) is -4.76. The molecule has 0 atom stereocenters. The van der Waals surface area contributed by atoms with Crippen molar-refractivity contribution < 1.29 is 41.4 Å². The normalized spacial score (nSPS) is 11.2. The first kappa shape index (κ1) is 22.7. The molecule has 0 radical (unpaired) electrons. The summed E-state index contributed by atoms with van der Waals surface area (Å²) in [5.74, 6) is -4.40. The molecular weight excluding hydrogens is 437 g/mol. The third kappa shape index (κ3) is 5.02. The molecule has 0 unspecified atom stereocenters. The summed E-state index contributed by atoms with van der Waals surface area (Å²) in [6.45, 7) is 1.51. The number of hydrogen-bond acceptors (Lipinski definition) is 3. The van der Waals surface area contributed by atoms with E-state index in [2.05, 4.69) is 5.32 Å². The topological polar surface area (TPSA) is 75.6 Å². The first-order chi connectivity index (χ1) is 15.0. The van der Waals surface area contributed by atoms with Crippen LogP contribution < -0.4 is 10.1 Å². The van der Waals surface area contributed by atoms with Crippen molar-refractivity contribution in [2.24, 2.45) is 0 Å². The molecule has 0 bridgehead atoms. The van der Waals surface area contributed by atoms with Gasteiger partial charge in [0.05, 0.1) is 16.7 Å². The molecule has 1 amide bonds. The smallest absolute Gasteiger partial charge is 0.416 e. The predicted octanol–water partition coefficient (Wildman–Crippen LogP) is 6.03. The van der Waals surface area contributed by atoms with Gasteiger partial charge in [0.15, 0.2) is 0 Å². The van der Waals surface area contributed by atoms with E-state index in [4.69, 9.17) is 9.84 Å². The van der Waals surface area contributed by atoms with Crippen molar-refractivity contribution >= 4 is 17.6 Å². The van der Waals surface area contributed by atoms with Crippen LogP contribution in [0, 0.1) is 18.6 Å². The van der Waals surface area contributed by atoms with Crippen molar-refractivity contribution in [2.45, 2.75) is 13.1 Å². The lowest BCUT2D eigenvalue weighted by atomic mass is 10.1. The van der Waals surface area contributed by atoms with Gasteiger partial charge in [0, 0.05) is 5.69 Å².